The smallest absolute Gasteiger partial charge is 0.386 e. The Labute approximate surface area is 381 Å². The standard InChI is InChI=1S/C49H57F3N8O6/c1-46(2,30-12-16-48(17-13-30)18-22-58(23-19-48)32-8-9-33-34(25-32)45(65)60(44(33)64)39-10-11-41(61)55-43(39)63)28-57-20-14-31(15-21-57)59-27-29-24-38(35(47(3,4)66)26-37(29)56-59)54-42(62)36-6-5-7-40(53-36)49(50,51)52/h5-9,24-27,30-31,39,66H,10-23,28H2,1-4H3,(H,54,62)(H,55,61,63). The molecule has 2 aromatic carbocycles. The molecule has 9 rings (SSSR count). The fraction of sp³-hybridized carbons (Fsp3) is 0.531. The molecule has 0 radical (unpaired) electrons. The maximum atomic E-state index is 13.5. The van der Waals surface area contributed by atoms with Gasteiger partial charge in [0.05, 0.1) is 28.3 Å². The van der Waals surface area contributed by atoms with E-state index in [0.717, 1.165) is 86.5 Å². The van der Waals surface area contributed by atoms with E-state index in [2.05, 4.69) is 39.3 Å². The summed E-state index contributed by atoms with van der Waals surface area (Å²) in [6.07, 6.45) is 6.12. The Bertz CT molecular complexity index is 2590. The van der Waals surface area contributed by atoms with E-state index in [9.17, 15) is 42.3 Å². The van der Waals surface area contributed by atoms with Crippen LogP contribution < -0.4 is 15.5 Å². The van der Waals surface area contributed by atoms with E-state index in [-0.39, 0.29) is 35.7 Å². The molecule has 2 aromatic heterocycles. The van der Waals surface area contributed by atoms with E-state index < -0.39 is 53.0 Å². The Morgan fingerprint density at radius 1 is 0.864 bits per heavy atom. The summed E-state index contributed by atoms with van der Waals surface area (Å²) < 4.78 is 41.9. The maximum absolute atomic E-state index is 13.5. The van der Waals surface area contributed by atoms with Gasteiger partial charge in [0.15, 0.2) is 0 Å². The molecule has 4 aliphatic heterocycles. The number of alkyl halides is 3. The molecule has 1 atom stereocenters. The third kappa shape index (κ3) is 8.83. The van der Waals surface area contributed by atoms with E-state index in [1.807, 2.05) is 16.9 Å². The number of carbonyl (C=O) groups is 5. The van der Waals surface area contributed by atoms with Crippen molar-refractivity contribution in [1.82, 2.24) is 29.9 Å². The van der Waals surface area contributed by atoms with Crippen LogP contribution in [0.5, 0.6) is 0 Å². The van der Waals surface area contributed by atoms with Gasteiger partial charge < -0.3 is 20.2 Å². The number of fused-ring (bicyclic) bond motifs is 2. The zero-order chi connectivity index (χ0) is 46.9. The van der Waals surface area contributed by atoms with Crippen LogP contribution in [0.25, 0.3) is 10.9 Å². The molecule has 1 aliphatic carbocycles. The zero-order valence-electron chi connectivity index (χ0n) is 37.8. The molecule has 6 heterocycles. The molecule has 4 aromatic rings. The van der Waals surface area contributed by atoms with Gasteiger partial charge in [-0.3, -0.25) is 38.9 Å². The number of benzene rings is 2. The highest BCUT2D eigenvalue weighted by atomic mass is 19.4. The second-order valence-corrected chi connectivity index (χ2v) is 20.4. The molecule has 17 heteroatoms. The summed E-state index contributed by atoms with van der Waals surface area (Å²) in [5.41, 5.74) is 0.284. The summed E-state index contributed by atoms with van der Waals surface area (Å²) in [4.78, 5) is 73.4. The molecule has 5 aliphatic rings. The summed E-state index contributed by atoms with van der Waals surface area (Å²) >= 11 is 0. The van der Waals surface area contributed by atoms with Crippen LogP contribution in [0.3, 0.4) is 0 Å². The van der Waals surface area contributed by atoms with Crippen molar-refractivity contribution in [3.05, 3.63) is 82.8 Å². The predicted octanol–water partition coefficient (Wildman–Crippen LogP) is 7.47. The van der Waals surface area contributed by atoms with Gasteiger partial charge in [-0.1, -0.05) is 19.9 Å². The number of amides is 5. The zero-order valence-corrected chi connectivity index (χ0v) is 37.8. The lowest BCUT2D eigenvalue weighted by atomic mass is 9.60. The molecule has 350 valence electrons. The number of anilines is 2. The van der Waals surface area contributed by atoms with Crippen LogP contribution in [0, 0.1) is 16.7 Å². The molecule has 0 bridgehead atoms. The molecule has 1 spiro atoms. The topological polar surface area (TPSA) is 170 Å². The summed E-state index contributed by atoms with van der Waals surface area (Å²) in [5.74, 6) is -2.20. The fourth-order valence-electron chi connectivity index (χ4n) is 11.2. The number of nitrogens with zero attached hydrogens (tertiary/aromatic N) is 6. The number of nitrogens with one attached hydrogen (secondary N) is 2. The van der Waals surface area contributed by atoms with Gasteiger partial charge in [0.25, 0.3) is 17.7 Å². The first-order valence-electron chi connectivity index (χ1n) is 23.1. The number of imide groups is 2. The van der Waals surface area contributed by atoms with Gasteiger partial charge >= 0.3 is 6.18 Å². The first-order valence-corrected chi connectivity index (χ1v) is 23.1. The fourth-order valence-corrected chi connectivity index (χ4v) is 11.2. The number of likely N-dealkylation sites (tertiary alicyclic amines) is 1. The Hall–Kier alpha value is -5.68. The summed E-state index contributed by atoms with van der Waals surface area (Å²) in [5, 5.41) is 21.6. The van der Waals surface area contributed by atoms with E-state index in [4.69, 9.17) is 5.10 Å². The Morgan fingerprint density at radius 3 is 2.23 bits per heavy atom. The third-order valence-corrected chi connectivity index (χ3v) is 15.2. The Kier molecular flexibility index (Phi) is 11.6. The van der Waals surface area contributed by atoms with Crippen LogP contribution in [0.2, 0.25) is 0 Å². The lowest BCUT2D eigenvalue weighted by Gasteiger charge is -2.50. The highest BCUT2D eigenvalue weighted by Gasteiger charge is 2.46. The van der Waals surface area contributed by atoms with E-state index in [0.29, 0.717) is 33.5 Å². The number of rotatable bonds is 9. The maximum Gasteiger partial charge on any atom is 0.433 e. The lowest BCUT2D eigenvalue weighted by molar-refractivity contribution is -0.141. The van der Waals surface area contributed by atoms with E-state index >= 15 is 0 Å². The minimum atomic E-state index is -4.70. The van der Waals surface area contributed by atoms with Gasteiger partial charge in [0, 0.05) is 67.7 Å². The number of carbonyl (C=O) groups excluding carboxylic acids is 5. The number of halogens is 3. The summed E-state index contributed by atoms with van der Waals surface area (Å²) in [6, 6.07) is 11.1. The monoisotopic (exact) mass is 910 g/mol. The largest absolute Gasteiger partial charge is 0.433 e. The molecule has 3 N–H and O–H groups in total. The number of aromatic nitrogens is 3. The molecular formula is C49H57F3N8O6. The van der Waals surface area contributed by atoms with Crippen LogP contribution in [-0.4, -0.2) is 98.0 Å². The first-order chi connectivity index (χ1) is 31.2. The number of pyridine rings is 1. The second-order valence-electron chi connectivity index (χ2n) is 20.4. The summed E-state index contributed by atoms with van der Waals surface area (Å²) in [6.45, 7) is 12.6. The van der Waals surface area contributed by atoms with Crippen molar-refractivity contribution in [1.29, 1.82) is 0 Å². The highest BCUT2D eigenvalue weighted by Crippen LogP contribution is 2.51. The van der Waals surface area contributed by atoms with Gasteiger partial charge in [-0.05, 0) is 131 Å². The molecular weight excluding hydrogens is 854 g/mol. The second kappa shape index (κ2) is 16.9. The molecule has 4 fully saturated rings. The Balaban J connectivity index is 0.772. The van der Waals surface area contributed by atoms with Gasteiger partial charge in [0.2, 0.25) is 11.8 Å². The van der Waals surface area contributed by atoms with Crippen LogP contribution in [-0.2, 0) is 21.4 Å². The average Bonchev–Trinajstić information content (AvgIpc) is 3.80. The van der Waals surface area contributed by atoms with Crippen molar-refractivity contribution in [2.24, 2.45) is 16.7 Å². The Morgan fingerprint density at radius 2 is 1.56 bits per heavy atom. The minimum absolute atomic E-state index is 0.0831. The van der Waals surface area contributed by atoms with E-state index in [1.54, 1.807) is 38.1 Å². The molecule has 5 amide bonds. The molecule has 14 nitrogen and oxygen atoms in total. The molecule has 3 saturated heterocycles. The van der Waals surface area contributed by atoms with Gasteiger partial charge in [-0.15, -0.1) is 0 Å². The van der Waals surface area contributed by atoms with Crippen molar-refractivity contribution in [3.8, 4) is 0 Å². The van der Waals surface area contributed by atoms with Gasteiger partial charge in [-0.2, -0.15) is 18.3 Å². The number of hydrogen-bond donors (Lipinski definition) is 3. The lowest BCUT2D eigenvalue weighted by Crippen LogP contribution is -2.54. The van der Waals surface area contributed by atoms with E-state index in [1.165, 1.54) is 31.7 Å². The quantitative estimate of drug-likeness (QED) is 0.143. The van der Waals surface area contributed by atoms with Crippen LogP contribution >= 0.6 is 0 Å². The van der Waals surface area contributed by atoms with Crippen molar-refractivity contribution in [2.75, 3.05) is 42.9 Å². The van der Waals surface area contributed by atoms with Crippen LogP contribution in [0.4, 0.5) is 24.5 Å². The number of hydrogen-bond acceptors (Lipinski definition) is 10. The molecule has 66 heavy (non-hydrogen) atoms. The van der Waals surface area contributed by atoms with Crippen molar-refractivity contribution in [3.63, 3.8) is 0 Å². The van der Waals surface area contributed by atoms with Gasteiger partial charge in [-0.25, -0.2) is 4.98 Å². The first kappa shape index (κ1) is 45.5. The third-order valence-electron chi connectivity index (χ3n) is 15.2. The number of aliphatic hydroxyl groups is 1. The van der Waals surface area contributed by atoms with Crippen molar-refractivity contribution < 1.29 is 42.3 Å². The minimum Gasteiger partial charge on any atom is -0.386 e. The number of piperidine rings is 3. The van der Waals surface area contributed by atoms with Gasteiger partial charge in [0.1, 0.15) is 17.4 Å². The SMILES string of the molecule is CC(C)(O)c1cc2nn(C3CCN(CC(C)(C)C4CCC5(CC4)CCN(c4ccc6c(c4)C(=O)N(C4CCC(=O)NC4=O)C6=O)CC5)CC3)cc2cc1NC(=O)c1cccc(C(F)(F)F)n1. The molecule has 1 unspecified atom stereocenters. The van der Waals surface area contributed by atoms with Crippen molar-refractivity contribution >= 4 is 51.8 Å². The predicted molar refractivity (Wildman–Crippen MR) is 240 cm³/mol. The highest BCUT2D eigenvalue weighted by molar-refractivity contribution is 6.23. The summed E-state index contributed by atoms with van der Waals surface area (Å²) in [7, 11) is 0. The molecule has 1 saturated carbocycles. The average molecular weight is 911 g/mol. The van der Waals surface area contributed by atoms with Crippen molar-refractivity contribution in [2.45, 2.75) is 116 Å². The van der Waals surface area contributed by atoms with Crippen LogP contribution in [0.1, 0.15) is 140 Å². The van der Waals surface area contributed by atoms with Crippen LogP contribution in [0.15, 0.2) is 54.7 Å². The normalized spacial score (nSPS) is 21.5.